The lowest BCUT2D eigenvalue weighted by atomic mass is 9.86. The third-order valence-corrected chi connectivity index (χ3v) is 6.67. The summed E-state index contributed by atoms with van der Waals surface area (Å²) in [4.78, 5) is 27.3. The van der Waals surface area contributed by atoms with E-state index in [4.69, 9.17) is 0 Å². The highest BCUT2D eigenvalue weighted by Crippen LogP contribution is 2.31. The molecule has 2 N–H and O–H groups in total. The van der Waals surface area contributed by atoms with E-state index in [2.05, 4.69) is 32.6 Å². The molecule has 1 saturated carbocycles. The summed E-state index contributed by atoms with van der Waals surface area (Å²) in [6.45, 7) is 2.18. The summed E-state index contributed by atoms with van der Waals surface area (Å²) in [5.41, 5.74) is 2.10. The van der Waals surface area contributed by atoms with Gasteiger partial charge in [-0.2, -0.15) is 0 Å². The van der Waals surface area contributed by atoms with Gasteiger partial charge in [0, 0.05) is 54.9 Å². The van der Waals surface area contributed by atoms with Crippen LogP contribution in [0.4, 0.5) is 4.79 Å². The number of pyridine rings is 1. The third-order valence-electron chi connectivity index (χ3n) is 5.89. The van der Waals surface area contributed by atoms with E-state index < -0.39 is 0 Å². The standard InChI is InChI=1S/C22H27BrN4O2/c1-26-11-9-15(12-21(26)28)18-8-10-24-13-20(18)25-22(29)27(17-6-7-17)14-16-4-2-3-5-19(16)23/h2-5,9,11-12,17-18,20,24H,6-8,10,13-14H2,1H3,(H,25,29). The van der Waals surface area contributed by atoms with Crippen molar-refractivity contribution in [2.45, 2.75) is 43.8 Å². The number of hydrogen-bond acceptors (Lipinski definition) is 3. The molecule has 154 valence electrons. The fourth-order valence-electron chi connectivity index (χ4n) is 4.01. The van der Waals surface area contributed by atoms with E-state index in [0.717, 1.165) is 41.4 Å². The van der Waals surface area contributed by atoms with Crippen molar-refractivity contribution in [3.63, 3.8) is 0 Å². The van der Waals surface area contributed by atoms with Crippen LogP contribution in [0.5, 0.6) is 0 Å². The molecule has 2 aliphatic rings. The van der Waals surface area contributed by atoms with Gasteiger partial charge < -0.3 is 20.1 Å². The number of piperidine rings is 1. The molecule has 4 rings (SSSR count). The Morgan fingerprint density at radius 1 is 1.28 bits per heavy atom. The van der Waals surface area contributed by atoms with Gasteiger partial charge in [-0.05, 0) is 49.1 Å². The SMILES string of the molecule is Cn1ccc(C2CCNCC2NC(=O)N(Cc2ccccc2Br)C2CC2)cc1=O. The molecule has 2 aromatic rings. The molecule has 1 aliphatic carbocycles. The first-order valence-electron chi connectivity index (χ1n) is 10.2. The number of aryl methyl sites for hydroxylation is 1. The maximum absolute atomic E-state index is 13.2. The highest BCUT2D eigenvalue weighted by Gasteiger charge is 2.35. The highest BCUT2D eigenvalue weighted by atomic mass is 79.9. The number of halogens is 1. The molecule has 2 heterocycles. The van der Waals surface area contributed by atoms with Crippen molar-refractivity contribution in [1.82, 2.24) is 20.1 Å². The van der Waals surface area contributed by atoms with E-state index in [-0.39, 0.29) is 23.6 Å². The fourth-order valence-corrected chi connectivity index (χ4v) is 4.42. The Balaban J connectivity index is 1.50. The first kappa shape index (κ1) is 20.2. The Labute approximate surface area is 179 Å². The lowest BCUT2D eigenvalue weighted by Crippen LogP contribution is -2.53. The number of nitrogens with one attached hydrogen (secondary N) is 2. The van der Waals surface area contributed by atoms with Crippen LogP contribution in [0, 0.1) is 0 Å². The highest BCUT2D eigenvalue weighted by molar-refractivity contribution is 9.10. The molecule has 1 aliphatic heterocycles. The molecule has 1 aromatic carbocycles. The largest absolute Gasteiger partial charge is 0.333 e. The first-order valence-corrected chi connectivity index (χ1v) is 11.0. The second-order valence-corrected chi connectivity index (χ2v) is 8.87. The van der Waals surface area contributed by atoms with E-state index >= 15 is 0 Å². The zero-order valence-electron chi connectivity index (χ0n) is 16.6. The Kier molecular flexibility index (Phi) is 6.06. The Morgan fingerprint density at radius 3 is 2.79 bits per heavy atom. The molecular weight excluding hydrogens is 432 g/mol. The molecule has 2 atom stereocenters. The van der Waals surface area contributed by atoms with Crippen LogP contribution in [0.2, 0.25) is 0 Å². The molecule has 2 amide bonds. The molecule has 2 unspecified atom stereocenters. The summed E-state index contributed by atoms with van der Waals surface area (Å²) in [5.74, 6) is 0.138. The maximum atomic E-state index is 13.2. The molecule has 29 heavy (non-hydrogen) atoms. The van der Waals surface area contributed by atoms with Gasteiger partial charge in [0.15, 0.2) is 0 Å². The summed E-state index contributed by atoms with van der Waals surface area (Å²) in [6.07, 6.45) is 4.81. The Bertz CT molecular complexity index is 940. The molecular formula is C22H27BrN4O2. The maximum Gasteiger partial charge on any atom is 0.318 e. The van der Waals surface area contributed by atoms with Crippen LogP contribution in [-0.4, -0.2) is 40.7 Å². The topological polar surface area (TPSA) is 66.4 Å². The third kappa shape index (κ3) is 4.73. The van der Waals surface area contributed by atoms with Crippen molar-refractivity contribution < 1.29 is 4.79 Å². The number of nitrogens with zero attached hydrogens (tertiary/aromatic N) is 2. The summed E-state index contributed by atoms with van der Waals surface area (Å²) in [6, 6.07) is 12.0. The second kappa shape index (κ2) is 8.71. The number of carbonyl (C=O) groups is 1. The van der Waals surface area contributed by atoms with Crippen molar-refractivity contribution >= 4 is 22.0 Å². The molecule has 0 bridgehead atoms. The van der Waals surface area contributed by atoms with Crippen molar-refractivity contribution in [1.29, 1.82) is 0 Å². The van der Waals surface area contributed by atoms with E-state index in [0.29, 0.717) is 19.1 Å². The van der Waals surface area contributed by atoms with Gasteiger partial charge in [-0.15, -0.1) is 0 Å². The normalized spacial score (nSPS) is 21.6. The van der Waals surface area contributed by atoms with Gasteiger partial charge >= 0.3 is 6.03 Å². The minimum atomic E-state index is -0.0381. The lowest BCUT2D eigenvalue weighted by Gasteiger charge is -2.35. The lowest BCUT2D eigenvalue weighted by molar-refractivity contribution is 0.182. The average Bonchev–Trinajstić information content (AvgIpc) is 3.55. The van der Waals surface area contributed by atoms with E-state index in [1.807, 2.05) is 35.4 Å². The predicted molar refractivity (Wildman–Crippen MR) is 117 cm³/mol. The van der Waals surface area contributed by atoms with E-state index in [1.54, 1.807) is 17.7 Å². The summed E-state index contributed by atoms with van der Waals surface area (Å²) in [7, 11) is 1.75. The number of benzene rings is 1. The molecule has 0 spiro atoms. The molecule has 2 fully saturated rings. The Morgan fingerprint density at radius 2 is 2.07 bits per heavy atom. The smallest absolute Gasteiger partial charge is 0.318 e. The monoisotopic (exact) mass is 458 g/mol. The van der Waals surface area contributed by atoms with Gasteiger partial charge in [0.25, 0.3) is 5.56 Å². The van der Waals surface area contributed by atoms with Crippen LogP contribution < -0.4 is 16.2 Å². The summed E-state index contributed by atoms with van der Waals surface area (Å²) < 4.78 is 2.60. The number of amides is 2. The van der Waals surface area contributed by atoms with Crippen LogP contribution in [-0.2, 0) is 13.6 Å². The zero-order chi connectivity index (χ0) is 20.4. The van der Waals surface area contributed by atoms with Gasteiger partial charge in [-0.25, -0.2) is 4.79 Å². The van der Waals surface area contributed by atoms with Crippen molar-refractivity contribution in [2.75, 3.05) is 13.1 Å². The summed E-state index contributed by atoms with van der Waals surface area (Å²) >= 11 is 3.59. The van der Waals surface area contributed by atoms with Crippen molar-refractivity contribution in [3.8, 4) is 0 Å². The van der Waals surface area contributed by atoms with Gasteiger partial charge in [-0.3, -0.25) is 4.79 Å². The molecule has 1 aromatic heterocycles. The minimum absolute atomic E-state index is 0.0142. The molecule has 1 saturated heterocycles. The summed E-state index contributed by atoms with van der Waals surface area (Å²) in [5, 5.41) is 6.65. The van der Waals surface area contributed by atoms with Gasteiger partial charge in [0.05, 0.1) is 0 Å². The fraction of sp³-hybridized carbons (Fsp3) is 0.455. The number of urea groups is 1. The van der Waals surface area contributed by atoms with E-state index in [1.165, 1.54) is 0 Å². The van der Waals surface area contributed by atoms with Gasteiger partial charge in [0.1, 0.15) is 0 Å². The van der Waals surface area contributed by atoms with Gasteiger partial charge in [0.2, 0.25) is 0 Å². The zero-order valence-corrected chi connectivity index (χ0v) is 18.2. The van der Waals surface area contributed by atoms with Crippen LogP contribution in [0.1, 0.15) is 36.3 Å². The first-order chi connectivity index (χ1) is 14.0. The number of hydrogen-bond donors (Lipinski definition) is 2. The number of rotatable bonds is 5. The van der Waals surface area contributed by atoms with Gasteiger partial charge in [-0.1, -0.05) is 34.1 Å². The second-order valence-electron chi connectivity index (χ2n) is 8.01. The number of carbonyl (C=O) groups excluding carboxylic acids is 1. The predicted octanol–water partition coefficient (Wildman–Crippen LogP) is 2.97. The van der Waals surface area contributed by atoms with Crippen molar-refractivity contribution in [2.24, 2.45) is 7.05 Å². The minimum Gasteiger partial charge on any atom is -0.333 e. The molecule has 7 heteroatoms. The van der Waals surface area contributed by atoms with Crippen LogP contribution in [0.3, 0.4) is 0 Å². The Hall–Kier alpha value is -2.12. The number of aromatic nitrogens is 1. The van der Waals surface area contributed by atoms with Crippen LogP contribution in [0.15, 0.2) is 51.9 Å². The van der Waals surface area contributed by atoms with Crippen LogP contribution >= 0.6 is 15.9 Å². The van der Waals surface area contributed by atoms with Crippen molar-refractivity contribution in [3.05, 3.63) is 68.5 Å². The average molecular weight is 459 g/mol. The molecule has 0 radical (unpaired) electrons. The quantitative estimate of drug-likeness (QED) is 0.723. The van der Waals surface area contributed by atoms with E-state index in [9.17, 15) is 9.59 Å². The van der Waals surface area contributed by atoms with Crippen LogP contribution in [0.25, 0.3) is 0 Å². The molecule has 6 nitrogen and oxygen atoms in total.